The second-order valence-electron chi connectivity index (χ2n) is 9.82. The number of carbonyl (C=O) groups is 1. The van der Waals surface area contributed by atoms with E-state index in [2.05, 4.69) is 4.98 Å². The van der Waals surface area contributed by atoms with Gasteiger partial charge in [-0.3, -0.25) is 0 Å². The third-order valence-corrected chi connectivity index (χ3v) is 6.10. The van der Waals surface area contributed by atoms with E-state index in [9.17, 15) is 23.8 Å². The molecule has 0 bridgehead atoms. The molecule has 3 aromatic carbocycles. The Morgan fingerprint density at radius 1 is 0.971 bits per heavy atom. The first kappa shape index (κ1) is 24.5. The van der Waals surface area contributed by atoms with Gasteiger partial charge in [0.05, 0.1) is 11.1 Å². The van der Waals surface area contributed by atoms with Crippen LogP contribution in [-0.4, -0.2) is 26.8 Å². The highest BCUT2D eigenvalue weighted by molar-refractivity contribution is 6.12. The molecule has 0 amide bonds. The molecule has 0 spiro atoms. The summed E-state index contributed by atoms with van der Waals surface area (Å²) in [6, 6.07) is 9.57. The summed E-state index contributed by atoms with van der Waals surface area (Å²) in [7, 11) is 0. The Balaban J connectivity index is 2.24. The Bertz CT molecular complexity index is 1490. The average molecular weight is 480 g/mol. The topological polar surface area (TPSA) is 79.7 Å². The van der Waals surface area contributed by atoms with Gasteiger partial charge in [-0.2, -0.15) is 0 Å². The van der Waals surface area contributed by atoms with Crippen molar-refractivity contribution in [1.82, 2.24) is 4.98 Å². The molecular formula is C28H27F2NO4. The molecule has 182 valence electrons. The van der Waals surface area contributed by atoms with Crippen LogP contribution in [0.15, 0.2) is 36.4 Å². The number of aromatic hydroxyl groups is 1. The van der Waals surface area contributed by atoms with Crippen molar-refractivity contribution >= 4 is 27.6 Å². The van der Waals surface area contributed by atoms with E-state index in [0.717, 1.165) is 23.3 Å². The van der Waals surface area contributed by atoms with E-state index < -0.39 is 35.2 Å². The van der Waals surface area contributed by atoms with Gasteiger partial charge in [0.1, 0.15) is 0 Å². The van der Waals surface area contributed by atoms with Crippen molar-refractivity contribution in [2.24, 2.45) is 0 Å². The summed E-state index contributed by atoms with van der Waals surface area (Å²) in [5.41, 5.74) is 3.41. The molecule has 5 nitrogen and oxygen atoms in total. The SMILES string of the molecule is Cc1ccc(-c2c([C@H](OC(C)(C)C)C(=O)O)c(C)c3nc(O)c4cc(F)c(F)cc4c3c2C)cc1. The van der Waals surface area contributed by atoms with Crippen molar-refractivity contribution in [1.29, 1.82) is 0 Å². The molecule has 7 heteroatoms. The first-order valence-electron chi connectivity index (χ1n) is 11.2. The van der Waals surface area contributed by atoms with Gasteiger partial charge in [-0.25, -0.2) is 18.6 Å². The van der Waals surface area contributed by atoms with Crippen molar-refractivity contribution in [3.05, 3.63) is 70.3 Å². The summed E-state index contributed by atoms with van der Waals surface area (Å²) in [4.78, 5) is 16.8. The van der Waals surface area contributed by atoms with Gasteiger partial charge in [-0.15, -0.1) is 0 Å². The number of carboxylic acid groups (broad SMARTS) is 1. The first-order chi connectivity index (χ1) is 16.3. The number of nitrogens with zero attached hydrogens (tertiary/aromatic N) is 1. The molecule has 0 aliphatic heterocycles. The zero-order valence-corrected chi connectivity index (χ0v) is 20.5. The number of pyridine rings is 1. The highest BCUT2D eigenvalue weighted by atomic mass is 19.2. The average Bonchev–Trinajstić information content (AvgIpc) is 2.76. The Labute approximate surface area is 202 Å². The lowest BCUT2D eigenvalue weighted by molar-refractivity contribution is -0.160. The maximum atomic E-state index is 14.3. The Morgan fingerprint density at radius 2 is 1.54 bits per heavy atom. The number of aromatic nitrogens is 1. The zero-order valence-electron chi connectivity index (χ0n) is 20.5. The molecule has 0 radical (unpaired) electrons. The summed E-state index contributed by atoms with van der Waals surface area (Å²) >= 11 is 0. The van der Waals surface area contributed by atoms with Crippen LogP contribution in [0.4, 0.5) is 8.78 Å². The van der Waals surface area contributed by atoms with Crippen LogP contribution in [-0.2, 0) is 9.53 Å². The molecule has 1 atom stereocenters. The maximum Gasteiger partial charge on any atom is 0.337 e. The molecular weight excluding hydrogens is 452 g/mol. The normalized spacial score (nSPS) is 12.9. The monoisotopic (exact) mass is 479 g/mol. The number of aryl methyl sites for hydroxylation is 3. The summed E-state index contributed by atoms with van der Waals surface area (Å²) in [6.45, 7) is 10.8. The van der Waals surface area contributed by atoms with Crippen LogP contribution < -0.4 is 0 Å². The summed E-state index contributed by atoms with van der Waals surface area (Å²) in [5.74, 6) is -3.79. The Morgan fingerprint density at radius 3 is 2.09 bits per heavy atom. The number of fused-ring (bicyclic) bond motifs is 3. The lowest BCUT2D eigenvalue weighted by Gasteiger charge is -2.29. The van der Waals surface area contributed by atoms with Gasteiger partial charge in [0.25, 0.3) is 0 Å². The predicted octanol–water partition coefficient (Wildman–Crippen LogP) is 6.90. The molecule has 0 fully saturated rings. The van der Waals surface area contributed by atoms with Crippen LogP contribution in [0.1, 0.15) is 49.1 Å². The molecule has 1 heterocycles. The third kappa shape index (κ3) is 4.32. The minimum atomic E-state index is -1.33. The van der Waals surface area contributed by atoms with Crippen LogP contribution in [0.5, 0.6) is 5.88 Å². The predicted molar refractivity (Wildman–Crippen MR) is 132 cm³/mol. The van der Waals surface area contributed by atoms with Crippen LogP contribution in [0, 0.1) is 32.4 Å². The first-order valence-corrected chi connectivity index (χ1v) is 11.2. The number of halogens is 2. The van der Waals surface area contributed by atoms with Gasteiger partial charge in [0.2, 0.25) is 5.88 Å². The molecule has 4 aromatic rings. The van der Waals surface area contributed by atoms with Crippen LogP contribution in [0.3, 0.4) is 0 Å². The van der Waals surface area contributed by atoms with Crippen molar-refractivity contribution in [3.8, 4) is 17.0 Å². The van der Waals surface area contributed by atoms with Crippen molar-refractivity contribution in [2.45, 2.75) is 53.2 Å². The number of carboxylic acids is 1. The number of hydrogen-bond donors (Lipinski definition) is 2. The van der Waals surface area contributed by atoms with Crippen LogP contribution >= 0.6 is 0 Å². The lowest BCUT2D eigenvalue weighted by atomic mass is 9.84. The quantitative estimate of drug-likeness (QED) is 0.311. The fourth-order valence-corrected chi connectivity index (χ4v) is 4.59. The Kier molecular flexibility index (Phi) is 6.01. The second kappa shape index (κ2) is 8.57. The van der Waals surface area contributed by atoms with Crippen LogP contribution in [0.25, 0.3) is 32.8 Å². The third-order valence-electron chi connectivity index (χ3n) is 6.10. The van der Waals surface area contributed by atoms with Crippen LogP contribution in [0.2, 0.25) is 0 Å². The van der Waals surface area contributed by atoms with E-state index >= 15 is 0 Å². The second-order valence-corrected chi connectivity index (χ2v) is 9.82. The summed E-state index contributed by atoms with van der Waals surface area (Å²) < 4.78 is 34.4. The minimum absolute atomic E-state index is 0.0715. The Hall–Kier alpha value is -3.58. The zero-order chi connectivity index (χ0) is 25.8. The number of ether oxygens (including phenoxy) is 1. The van der Waals surface area contributed by atoms with Gasteiger partial charge in [-0.1, -0.05) is 29.8 Å². The van der Waals surface area contributed by atoms with E-state index in [1.165, 1.54) is 0 Å². The van der Waals surface area contributed by atoms with Gasteiger partial charge in [0, 0.05) is 16.3 Å². The minimum Gasteiger partial charge on any atom is -0.493 e. The molecule has 0 saturated heterocycles. The smallest absolute Gasteiger partial charge is 0.337 e. The molecule has 0 aliphatic carbocycles. The van der Waals surface area contributed by atoms with E-state index in [4.69, 9.17) is 4.74 Å². The maximum absolute atomic E-state index is 14.3. The molecule has 35 heavy (non-hydrogen) atoms. The lowest BCUT2D eigenvalue weighted by Crippen LogP contribution is -2.28. The van der Waals surface area contributed by atoms with Gasteiger partial charge in [0.15, 0.2) is 17.7 Å². The van der Waals surface area contributed by atoms with E-state index in [1.54, 1.807) is 34.6 Å². The highest BCUT2D eigenvalue weighted by Gasteiger charge is 2.33. The molecule has 0 saturated carbocycles. The van der Waals surface area contributed by atoms with Gasteiger partial charge in [-0.05, 0) is 81.3 Å². The van der Waals surface area contributed by atoms with E-state index in [1.807, 2.05) is 31.2 Å². The summed E-state index contributed by atoms with van der Waals surface area (Å²) in [5, 5.41) is 21.7. The number of hydrogen-bond acceptors (Lipinski definition) is 4. The molecule has 2 N–H and O–H groups in total. The molecule has 0 aliphatic rings. The standard InChI is InChI=1S/C28H27F2NO4/c1-13-7-9-16(10-8-13)21-14(2)22-17-11-19(29)20(30)12-18(17)26(32)31-24(22)15(3)23(21)25(27(33)34)35-28(4,5)6/h7-12,25H,1-6H3,(H,31,32)(H,33,34)/t25-/m0/s1. The number of aliphatic carboxylic acids is 1. The number of rotatable bonds is 4. The molecule has 4 rings (SSSR count). The molecule has 1 aromatic heterocycles. The van der Waals surface area contributed by atoms with Crippen molar-refractivity contribution in [2.75, 3.05) is 0 Å². The van der Waals surface area contributed by atoms with Crippen molar-refractivity contribution in [3.63, 3.8) is 0 Å². The summed E-state index contributed by atoms with van der Waals surface area (Å²) in [6.07, 6.45) is -1.33. The fourth-order valence-electron chi connectivity index (χ4n) is 4.59. The fraction of sp³-hybridized carbons (Fsp3) is 0.286. The van der Waals surface area contributed by atoms with Crippen molar-refractivity contribution < 1.29 is 28.5 Å². The number of benzene rings is 3. The largest absolute Gasteiger partial charge is 0.493 e. The van der Waals surface area contributed by atoms with E-state index in [0.29, 0.717) is 33.2 Å². The van der Waals surface area contributed by atoms with Gasteiger partial charge < -0.3 is 14.9 Å². The van der Waals surface area contributed by atoms with Gasteiger partial charge >= 0.3 is 5.97 Å². The highest BCUT2D eigenvalue weighted by Crippen LogP contribution is 2.44. The molecule has 0 unspecified atom stereocenters. The van der Waals surface area contributed by atoms with E-state index in [-0.39, 0.29) is 10.8 Å².